The standard InChI is InChI=1S/C27H27N3O4/c1-18-9-7-8-12-22(18)29-26(31)17-30-23-15-25(34-3)24(33-2)14-19(23)13-20(27(30)32)16-28-21-10-5-4-6-11-21/h4-15,28H,16-17H2,1-3H3,(H,29,31). The molecule has 0 aliphatic heterocycles. The van der Waals surface area contributed by atoms with Crippen molar-refractivity contribution in [2.45, 2.75) is 20.0 Å². The minimum absolute atomic E-state index is 0.141. The molecule has 4 rings (SSSR count). The van der Waals surface area contributed by atoms with Crippen LogP contribution in [-0.2, 0) is 17.9 Å². The second-order valence-corrected chi connectivity index (χ2v) is 7.91. The number of nitrogens with one attached hydrogen (secondary N) is 2. The zero-order valence-electron chi connectivity index (χ0n) is 19.4. The molecule has 0 fully saturated rings. The Morgan fingerprint density at radius 3 is 2.29 bits per heavy atom. The minimum atomic E-state index is -0.291. The van der Waals surface area contributed by atoms with Gasteiger partial charge in [-0.25, -0.2) is 0 Å². The third kappa shape index (κ3) is 4.88. The predicted molar refractivity (Wildman–Crippen MR) is 135 cm³/mol. The van der Waals surface area contributed by atoms with Crippen molar-refractivity contribution in [3.05, 3.63) is 94.3 Å². The van der Waals surface area contributed by atoms with Gasteiger partial charge in [-0.3, -0.25) is 14.2 Å². The molecule has 0 unspecified atom stereocenters. The number of pyridine rings is 1. The Morgan fingerprint density at radius 1 is 0.912 bits per heavy atom. The van der Waals surface area contributed by atoms with E-state index in [9.17, 15) is 9.59 Å². The number of amides is 1. The maximum absolute atomic E-state index is 13.5. The molecule has 7 nitrogen and oxygen atoms in total. The SMILES string of the molecule is COc1cc2cc(CNc3ccccc3)c(=O)n(CC(=O)Nc3ccccc3C)c2cc1OC. The normalized spacial score (nSPS) is 10.7. The molecule has 34 heavy (non-hydrogen) atoms. The van der Waals surface area contributed by atoms with Crippen molar-refractivity contribution in [2.75, 3.05) is 24.9 Å². The number of para-hydroxylation sites is 2. The fraction of sp³-hybridized carbons (Fsp3) is 0.185. The summed E-state index contributed by atoms with van der Waals surface area (Å²) < 4.78 is 12.4. The highest BCUT2D eigenvalue weighted by Crippen LogP contribution is 2.32. The summed E-state index contributed by atoms with van der Waals surface area (Å²) in [5.41, 5.74) is 3.44. The molecule has 0 bridgehead atoms. The molecule has 174 valence electrons. The molecule has 0 aliphatic carbocycles. The van der Waals surface area contributed by atoms with E-state index in [1.54, 1.807) is 13.2 Å². The van der Waals surface area contributed by atoms with E-state index >= 15 is 0 Å². The number of carbonyl (C=O) groups is 1. The van der Waals surface area contributed by atoms with Gasteiger partial charge in [0.25, 0.3) is 5.56 Å². The van der Waals surface area contributed by atoms with Crippen molar-refractivity contribution in [2.24, 2.45) is 0 Å². The highest BCUT2D eigenvalue weighted by molar-refractivity contribution is 5.93. The summed E-state index contributed by atoms with van der Waals surface area (Å²) in [7, 11) is 3.10. The van der Waals surface area contributed by atoms with Gasteiger partial charge in [0.05, 0.1) is 19.7 Å². The molecule has 0 radical (unpaired) electrons. The molecule has 0 saturated carbocycles. The molecule has 0 aliphatic rings. The predicted octanol–water partition coefficient (Wildman–Crippen LogP) is 4.58. The second-order valence-electron chi connectivity index (χ2n) is 7.91. The van der Waals surface area contributed by atoms with Crippen LogP contribution in [0.1, 0.15) is 11.1 Å². The molecule has 1 aromatic heterocycles. The van der Waals surface area contributed by atoms with Gasteiger partial charge in [-0.15, -0.1) is 0 Å². The van der Waals surface area contributed by atoms with E-state index in [-0.39, 0.29) is 18.0 Å². The van der Waals surface area contributed by atoms with Crippen LogP contribution in [-0.4, -0.2) is 24.7 Å². The Morgan fingerprint density at radius 2 is 1.59 bits per heavy atom. The summed E-state index contributed by atoms with van der Waals surface area (Å²) in [6, 6.07) is 22.5. The van der Waals surface area contributed by atoms with Crippen molar-refractivity contribution >= 4 is 28.2 Å². The lowest BCUT2D eigenvalue weighted by molar-refractivity contribution is -0.116. The largest absolute Gasteiger partial charge is 0.493 e. The maximum Gasteiger partial charge on any atom is 0.256 e. The quantitative estimate of drug-likeness (QED) is 0.405. The summed E-state index contributed by atoms with van der Waals surface area (Å²) in [5.74, 6) is 0.741. The number of carbonyl (C=O) groups excluding carboxylic acids is 1. The number of fused-ring (bicyclic) bond motifs is 1. The first-order valence-corrected chi connectivity index (χ1v) is 10.9. The van der Waals surface area contributed by atoms with Crippen LogP contribution in [0.5, 0.6) is 11.5 Å². The molecule has 7 heteroatoms. The zero-order valence-corrected chi connectivity index (χ0v) is 19.4. The smallest absolute Gasteiger partial charge is 0.256 e. The van der Waals surface area contributed by atoms with Crippen LogP contribution < -0.4 is 25.7 Å². The van der Waals surface area contributed by atoms with E-state index in [2.05, 4.69) is 10.6 Å². The summed E-state index contributed by atoms with van der Waals surface area (Å²) in [5, 5.41) is 6.95. The summed E-state index contributed by atoms with van der Waals surface area (Å²) in [6.07, 6.45) is 0. The number of methoxy groups -OCH3 is 2. The van der Waals surface area contributed by atoms with Crippen LogP contribution in [0.15, 0.2) is 77.6 Å². The Labute approximate surface area is 197 Å². The van der Waals surface area contributed by atoms with Gasteiger partial charge in [0.2, 0.25) is 5.91 Å². The lowest BCUT2D eigenvalue weighted by Gasteiger charge is -2.16. The van der Waals surface area contributed by atoms with Crippen molar-refractivity contribution in [3.63, 3.8) is 0 Å². The molecule has 4 aromatic rings. The van der Waals surface area contributed by atoms with E-state index in [4.69, 9.17) is 9.47 Å². The Kier molecular flexibility index (Phi) is 6.82. The van der Waals surface area contributed by atoms with E-state index in [1.807, 2.05) is 73.7 Å². The highest BCUT2D eigenvalue weighted by atomic mass is 16.5. The van der Waals surface area contributed by atoms with Gasteiger partial charge in [-0.2, -0.15) is 0 Å². The summed E-state index contributed by atoms with van der Waals surface area (Å²) in [6.45, 7) is 2.09. The highest BCUT2D eigenvalue weighted by Gasteiger charge is 2.16. The van der Waals surface area contributed by atoms with E-state index in [1.165, 1.54) is 11.7 Å². The van der Waals surface area contributed by atoms with Gasteiger partial charge < -0.3 is 20.1 Å². The average Bonchev–Trinajstić information content (AvgIpc) is 2.86. The Balaban J connectivity index is 1.75. The lowest BCUT2D eigenvalue weighted by atomic mass is 10.1. The van der Waals surface area contributed by atoms with Crippen LogP contribution in [0.2, 0.25) is 0 Å². The van der Waals surface area contributed by atoms with Crippen molar-refractivity contribution in [1.82, 2.24) is 4.57 Å². The molecule has 2 N–H and O–H groups in total. The molecule has 0 atom stereocenters. The molecule has 1 amide bonds. The van der Waals surface area contributed by atoms with Crippen LogP contribution in [0.25, 0.3) is 10.9 Å². The number of ether oxygens (including phenoxy) is 2. The van der Waals surface area contributed by atoms with Crippen molar-refractivity contribution in [1.29, 1.82) is 0 Å². The van der Waals surface area contributed by atoms with Gasteiger partial charge in [0.1, 0.15) is 6.54 Å². The number of hydrogen-bond acceptors (Lipinski definition) is 5. The first-order valence-electron chi connectivity index (χ1n) is 10.9. The minimum Gasteiger partial charge on any atom is -0.493 e. The molecule has 1 heterocycles. The maximum atomic E-state index is 13.5. The van der Waals surface area contributed by atoms with Gasteiger partial charge in [-0.05, 0) is 42.8 Å². The van der Waals surface area contributed by atoms with Crippen LogP contribution >= 0.6 is 0 Å². The third-order valence-corrected chi connectivity index (χ3v) is 5.65. The summed E-state index contributed by atoms with van der Waals surface area (Å²) >= 11 is 0. The van der Waals surface area contributed by atoms with E-state index in [0.717, 1.165) is 16.6 Å². The van der Waals surface area contributed by atoms with Gasteiger partial charge >= 0.3 is 0 Å². The van der Waals surface area contributed by atoms with Crippen molar-refractivity contribution < 1.29 is 14.3 Å². The number of rotatable bonds is 8. The number of nitrogens with zero attached hydrogens (tertiary/aromatic N) is 1. The topological polar surface area (TPSA) is 81.6 Å². The monoisotopic (exact) mass is 457 g/mol. The average molecular weight is 458 g/mol. The van der Waals surface area contributed by atoms with E-state index in [0.29, 0.717) is 34.8 Å². The summed E-state index contributed by atoms with van der Waals surface area (Å²) in [4.78, 5) is 26.4. The molecular formula is C27H27N3O4. The zero-order chi connectivity index (χ0) is 24.1. The van der Waals surface area contributed by atoms with Crippen LogP contribution in [0.4, 0.5) is 11.4 Å². The molecule has 0 spiro atoms. The van der Waals surface area contributed by atoms with E-state index < -0.39 is 0 Å². The molecular weight excluding hydrogens is 430 g/mol. The molecule has 0 saturated heterocycles. The first kappa shape index (κ1) is 22.9. The molecule has 3 aromatic carbocycles. The van der Waals surface area contributed by atoms with Crippen molar-refractivity contribution in [3.8, 4) is 11.5 Å². The Hall–Kier alpha value is -4.26. The fourth-order valence-electron chi connectivity index (χ4n) is 3.85. The fourth-order valence-corrected chi connectivity index (χ4v) is 3.85. The van der Waals surface area contributed by atoms with Gasteiger partial charge in [0.15, 0.2) is 11.5 Å². The van der Waals surface area contributed by atoms with Gasteiger partial charge in [-0.1, -0.05) is 36.4 Å². The second kappa shape index (κ2) is 10.1. The number of benzene rings is 3. The number of aromatic nitrogens is 1. The number of hydrogen-bond donors (Lipinski definition) is 2. The number of aryl methyl sites for hydroxylation is 1. The van der Waals surface area contributed by atoms with Crippen LogP contribution in [0.3, 0.4) is 0 Å². The Bertz CT molecular complexity index is 1380. The first-order chi connectivity index (χ1) is 16.5. The van der Waals surface area contributed by atoms with Gasteiger partial charge in [0, 0.05) is 34.9 Å². The third-order valence-electron chi connectivity index (χ3n) is 5.65. The lowest BCUT2D eigenvalue weighted by Crippen LogP contribution is -2.31. The van der Waals surface area contributed by atoms with Crippen LogP contribution in [0, 0.1) is 6.92 Å². The number of anilines is 2.